The lowest BCUT2D eigenvalue weighted by Gasteiger charge is -2.25. The van der Waals surface area contributed by atoms with Gasteiger partial charge < -0.3 is 24.7 Å². The van der Waals surface area contributed by atoms with Crippen LogP contribution in [0.2, 0.25) is 0 Å². The van der Waals surface area contributed by atoms with E-state index in [2.05, 4.69) is 27.9 Å². The summed E-state index contributed by atoms with van der Waals surface area (Å²) in [5.41, 5.74) is 3.54. The van der Waals surface area contributed by atoms with E-state index in [1.807, 2.05) is 49.4 Å². The van der Waals surface area contributed by atoms with Crippen molar-refractivity contribution in [2.24, 2.45) is 0 Å². The van der Waals surface area contributed by atoms with Crippen molar-refractivity contribution in [2.45, 2.75) is 26.0 Å². The number of carbonyl (C=O) groups is 1. The average molecular weight is 555 g/mol. The van der Waals surface area contributed by atoms with Gasteiger partial charge in [-0.1, -0.05) is 37.3 Å². The highest BCUT2D eigenvalue weighted by atomic mass is 127. The molecule has 0 bridgehead atoms. The number of carbonyl (C=O) groups excluding carboxylic acids is 1. The molecule has 6 nitrogen and oxygen atoms in total. The van der Waals surface area contributed by atoms with E-state index >= 15 is 0 Å². The van der Waals surface area contributed by atoms with Gasteiger partial charge >= 0.3 is 0 Å². The molecule has 1 N–H and O–H groups in total. The summed E-state index contributed by atoms with van der Waals surface area (Å²) < 4.78 is 12.7. The fourth-order valence-corrected chi connectivity index (χ4v) is 4.08. The molecule has 3 aromatic carbocycles. The molecule has 0 aromatic heterocycles. The minimum Gasteiger partial charge on any atom is -0.548 e. The summed E-state index contributed by atoms with van der Waals surface area (Å²) in [7, 11) is 0. The van der Waals surface area contributed by atoms with Crippen molar-refractivity contribution in [1.82, 2.24) is 0 Å². The number of halogens is 1. The van der Waals surface area contributed by atoms with Crippen molar-refractivity contribution in [3.8, 4) is 11.8 Å². The van der Waals surface area contributed by atoms with Crippen LogP contribution < -0.4 is 15.2 Å². The van der Waals surface area contributed by atoms with Crippen molar-refractivity contribution >= 4 is 34.2 Å². The van der Waals surface area contributed by atoms with Gasteiger partial charge in [0.1, 0.15) is 12.4 Å². The van der Waals surface area contributed by atoms with Crippen LogP contribution in [-0.4, -0.2) is 19.2 Å². The normalized spacial score (nSPS) is 11.4. The summed E-state index contributed by atoms with van der Waals surface area (Å²) in [4.78, 5) is 12.1. The van der Waals surface area contributed by atoms with Crippen LogP contribution in [0.3, 0.4) is 0 Å². The van der Waals surface area contributed by atoms with Crippen LogP contribution in [0.5, 0.6) is 5.75 Å². The molecule has 0 saturated heterocycles. The minimum atomic E-state index is -1.27. The molecule has 7 heteroatoms. The largest absolute Gasteiger partial charge is 0.548 e. The van der Waals surface area contributed by atoms with Gasteiger partial charge in [-0.15, -0.1) is 0 Å². The van der Waals surface area contributed by atoms with Gasteiger partial charge in [0, 0.05) is 14.8 Å². The van der Waals surface area contributed by atoms with Crippen molar-refractivity contribution < 1.29 is 19.4 Å². The van der Waals surface area contributed by atoms with Gasteiger partial charge in [-0.25, -0.2) is 0 Å². The van der Waals surface area contributed by atoms with Crippen LogP contribution in [0.25, 0.3) is 0 Å². The summed E-state index contributed by atoms with van der Waals surface area (Å²) in [6.07, 6.45) is 0.681. The third kappa shape index (κ3) is 6.94. The smallest absolute Gasteiger partial charge is 0.128 e. The Morgan fingerprint density at radius 2 is 1.85 bits per heavy atom. The van der Waals surface area contributed by atoms with Gasteiger partial charge in [0.25, 0.3) is 0 Å². The monoisotopic (exact) mass is 555 g/mol. The number of carboxylic acids is 1. The maximum absolute atomic E-state index is 12.1. The molecule has 0 amide bonds. The predicted molar refractivity (Wildman–Crippen MR) is 133 cm³/mol. The number of benzene rings is 3. The second-order valence-electron chi connectivity index (χ2n) is 7.31. The molecule has 1 atom stereocenters. The van der Waals surface area contributed by atoms with Gasteiger partial charge in [0.05, 0.1) is 36.9 Å². The Morgan fingerprint density at radius 3 is 2.48 bits per heavy atom. The number of nitrogens with one attached hydrogen (secondary N) is 1. The number of aliphatic carboxylic acids is 1. The molecular formula is C26H24IN2O4-. The molecule has 170 valence electrons. The summed E-state index contributed by atoms with van der Waals surface area (Å²) in [6.45, 7) is 3.12. The molecule has 0 heterocycles. The minimum absolute atomic E-state index is 0.282. The van der Waals surface area contributed by atoms with Gasteiger partial charge in [-0.05, 0) is 76.5 Å². The summed E-state index contributed by atoms with van der Waals surface area (Å²) in [5.74, 6) is -0.745. The number of rotatable bonds is 11. The summed E-state index contributed by atoms with van der Waals surface area (Å²) >= 11 is 2.17. The maximum atomic E-state index is 12.1. The Kier molecular flexibility index (Phi) is 9.10. The second kappa shape index (κ2) is 12.2. The number of carboxylic acid groups (broad SMARTS) is 1. The lowest BCUT2D eigenvalue weighted by atomic mass is 10.00. The van der Waals surface area contributed by atoms with Crippen LogP contribution in [0.15, 0.2) is 66.7 Å². The lowest BCUT2D eigenvalue weighted by molar-refractivity contribution is -0.307. The molecule has 3 aromatic rings. The van der Waals surface area contributed by atoms with Gasteiger partial charge in [-0.3, -0.25) is 0 Å². The summed E-state index contributed by atoms with van der Waals surface area (Å²) in [5, 5.41) is 24.1. The van der Waals surface area contributed by atoms with E-state index < -0.39 is 12.0 Å². The quantitative estimate of drug-likeness (QED) is 0.281. The van der Waals surface area contributed by atoms with E-state index in [1.54, 1.807) is 30.3 Å². The number of ether oxygens (including phenoxy) is 2. The molecule has 0 fully saturated rings. The first-order chi connectivity index (χ1) is 16.0. The van der Waals surface area contributed by atoms with Crippen molar-refractivity contribution in [3.63, 3.8) is 0 Å². The van der Waals surface area contributed by atoms with Crippen molar-refractivity contribution in [1.29, 1.82) is 5.26 Å². The van der Waals surface area contributed by atoms with Gasteiger partial charge in [0.2, 0.25) is 0 Å². The first kappa shape index (κ1) is 24.6. The van der Waals surface area contributed by atoms with E-state index in [9.17, 15) is 9.90 Å². The fourth-order valence-electron chi connectivity index (χ4n) is 3.36. The SMILES string of the molecule is CCc1cc(I)cc(C(Nc2ccc(C#N)cc2)C(=O)[O-])c1OCCOCc1ccccc1. The molecule has 0 radical (unpaired) electrons. The fraction of sp³-hybridized carbons (Fsp3) is 0.231. The molecule has 0 aliphatic heterocycles. The maximum Gasteiger partial charge on any atom is 0.128 e. The van der Waals surface area contributed by atoms with Crippen molar-refractivity contribution in [3.05, 3.63) is 92.6 Å². The number of nitrogens with zero attached hydrogens (tertiary/aromatic N) is 1. The lowest BCUT2D eigenvalue weighted by Crippen LogP contribution is -2.34. The van der Waals surface area contributed by atoms with Crippen LogP contribution in [0.1, 0.15) is 35.2 Å². The number of nitriles is 1. The molecule has 33 heavy (non-hydrogen) atoms. The Balaban J connectivity index is 1.77. The van der Waals surface area contributed by atoms with Crippen LogP contribution >= 0.6 is 22.6 Å². The molecule has 0 spiro atoms. The molecule has 0 saturated carbocycles. The van der Waals surface area contributed by atoms with Crippen molar-refractivity contribution in [2.75, 3.05) is 18.5 Å². The van der Waals surface area contributed by atoms with E-state index in [-0.39, 0.29) is 6.61 Å². The van der Waals surface area contributed by atoms with E-state index in [4.69, 9.17) is 14.7 Å². The Morgan fingerprint density at radius 1 is 1.12 bits per heavy atom. The number of hydrogen-bond acceptors (Lipinski definition) is 6. The van der Waals surface area contributed by atoms with Crippen LogP contribution in [0, 0.1) is 14.9 Å². The number of aryl methyl sites for hydroxylation is 1. The molecule has 0 aliphatic rings. The predicted octanol–water partition coefficient (Wildman–Crippen LogP) is 4.22. The first-order valence-corrected chi connectivity index (χ1v) is 11.6. The topological polar surface area (TPSA) is 94.4 Å². The first-order valence-electron chi connectivity index (χ1n) is 10.6. The highest BCUT2D eigenvalue weighted by Crippen LogP contribution is 2.34. The third-order valence-electron chi connectivity index (χ3n) is 5.00. The highest BCUT2D eigenvalue weighted by Gasteiger charge is 2.21. The number of hydrogen-bond donors (Lipinski definition) is 1. The second-order valence-corrected chi connectivity index (χ2v) is 8.55. The molecule has 1 unspecified atom stereocenters. The van der Waals surface area contributed by atoms with Crippen LogP contribution in [-0.2, 0) is 22.6 Å². The average Bonchev–Trinajstić information content (AvgIpc) is 2.83. The zero-order chi connectivity index (χ0) is 23.6. The van der Waals surface area contributed by atoms with Gasteiger partial charge in [-0.2, -0.15) is 5.26 Å². The Hall–Kier alpha value is -3.09. The Bertz CT molecular complexity index is 1110. The van der Waals surface area contributed by atoms with E-state index in [0.29, 0.717) is 42.2 Å². The molecule has 3 rings (SSSR count). The number of anilines is 1. The molecule has 0 aliphatic carbocycles. The van der Waals surface area contributed by atoms with Gasteiger partial charge in [0.15, 0.2) is 0 Å². The van der Waals surface area contributed by atoms with Crippen LogP contribution in [0.4, 0.5) is 5.69 Å². The zero-order valence-corrected chi connectivity index (χ0v) is 20.4. The zero-order valence-electron chi connectivity index (χ0n) is 18.2. The highest BCUT2D eigenvalue weighted by molar-refractivity contribution is 14.1. The molecular weight excluding hydrogens is 531 g/mol. The van der Waals surface area contributed by atoms with E-state index in [1.165, 1.54) is 0 Å². The third-order valence-corrected chi connectivity index (χ3v) is 5.62. The summed E-state index contributed by atoms with van der Waals surface area (Å²) in [6, 6.07) is 21.1. The Labute approximate surface area is 207 Å². The standard InChI is InChI=1S/C26H25IN2O4/c1-2-20-14-21(27)15-23(24(26(30)31)29-22-10-8-18(16-28)9-11-22)25(20)33-13-12-32-17-19-6-4-3-5-7-19/h3-11,14-15,24,29H,2,12-13,17H2,1H3,(H,30,31)/p-1. The van der Waals surface area contributed by atoms with E-state index in [0.717, 1.165) is 14.7 Å².